The molecular formula is C16H21ClN2O. The minimum Gasteiger partial charge on any atom is -0.380 e. The summed E-state index contributed by atoms with van der Waals surface area (Å²) in [5.41, 5.74) is 3.78. The molecule has 2 heterocycles. The molecule has 0 bridgehead atoms. The fraction of sp³-hybridized carbons (Fsp3) is 0.500. The van der Waals surface area contributed by atoms with E-state index in [0.29, 0.717) is 6.04 Å². The van der Waals surface area contributed by atoms with Crippen molar-refractivity contribution in [1.82, 2.24) is 10.3 Å². The Hall–Kier alpha value is -1.03. The van der Waals surface area contributed by atoms with E-state index < -0.39 is 0 Å². The lowest BCUT2D eigenvalue weighted by atomic mass is 10.1. The molecule has 1 aliphatic rings. The van der Waals surface area contributed by atoms with Crippen molar-refractivity contribution in [1.29, 1.82) is 0 Å². The molecule has 2 N–H and O–H groups in total. The van der Waals surface area contributed by atoms with Gasteiger partial charge in [0.1, 0.15) is 0 Å². The number of hydrogen-bond acceptors (Lipinski definition) is 2. The van der Waals surface area contributed by atoms with Crippen LogP contribution < -0.4 is 5.32 Å². The molecule has 1 saturated heterocycles. The Bertz CT molecular complexity index is 587. The number of benzene rings is 1. The number of nitrogens with one attached hydrogen (secondary N) is 2. The molecule has 0 amide bonds. The van der Waals surface area contributed by atoms with E-state index in [0.717, 1.165) is 31.2 Å². The van der Waals surface area contributed by atoms with Gasteiger partial charge < -0.3 is 15.0 Å². The first-order chi connectivity index (χ1) is 9.74. The maximum Gasteiger partial charge on any atom is 0.0619 e. The summed E-state index contributed by atoms with van der Waals surface area (Å²) in [6.07, 6.45) is 3.40. The normalized spacial score (nSPS) is 19.6. The van der Waals surface area contributed by atoms with Gasteiger partial charge in [-0.15, -0.1) is 0 Å². The van der Waals surface area contributed by atoms with Crippen molar-refractivity contribution in [3.05, 3.63) is 34.5 Å². The average Bonchev–Trinajstić information content (AvgIpc) is 2.76. The Kier molecular flexibility index (Phi) is 4.29. The number of aromatic nitrogens is 1. The lowest BCUT2D eigenvalue weighted by Crippen LogP contribution is -2.37. The molecule has 1 aromatic heterocycles. The van der Waals surface area contributed by atoms with Crippen LogP contribution in [0.5, 0.6) is 0 Å². The molecule has 1 aliphatic heterocycles. The van der Waals surface area contributed by atoms with E-state index >= 15 is 0 Å². The van der Waals surface area contributed by atoms with Crippen LogP contribution >= 0.6 is 11.6 Å². The zero-order chi connectivity index (χ0) is 13.9. The van der Waals surface area contributed by atoms with Gasteiger partial charge in [0.15, 0.2) is 0 Å². The van der Waals surface area contributed by atoms with Crippen LogP contribution in [0.3, 0.4) is 0 Å². The van der Waals surface area contributed by atoms with E-state index in [-0.39, 0.29) is 0 Å². The fourth-order valence-corrected chi connectivity index (χ4v) is 3.15. The SMILES string of the molecule is Cc1[nH]c2ccc(Cl)cc2c1CCNC1CCCOC1. The summed E-state index contributed by atoms with van der Waals surface area (Å²) in [7, 11) is 0. The fourth-order valence-electron chi connectivity index (χ4n) is 2.98. The smallest absolute Gasteiger partial charge is 0.0619 e. The second-order valence-electron chi connectivity index (χ2n) is 5.54. The molecule has 0 radical (unpaired) electrons. The van der Waals surface area contributed by atoms with Crippen LogP contribution in [0.4, 0.5) is 0 Å². The summed E-state index contributed by atoms with van der Waals surface area (Å²) in [4.78, 5) is 3.43. The maximum absolute atomic E-state index is 6.11. The van der Waals surface area contributed by atoms with Crippen molar-refractivity contribution in [3.8, 4) is 0 Å². The Morgan fingerprint density at radius 2 is 2.35 bits per heavy atom. The van der Waals surface area contributed by atoms with E-state index in [4.69, 9.17) is 16.3 Å². The highest BCUT2D eigenvalue weighted by Gasteiger charge is 2.14. The number of hydrogen-bond donors (Lipinski definition) is 2. The van der Waals surface area contributed by atoms with Crippen molar-refractivity contribution in [3.63, 3.8) is 0 Å². The first-order valence-electron chi connectivity index (χ1n) is 7.32. The number of ether oxygens (including phenoxy) is 1. The lowest BCUT2D eigenvalue weighted by molar-refractivity contribution is 0.0707. The highest BCUT2D eigenvalue weighted by Crippen LogP contribution is 2.25. The Morgan fingerprint density at radius 3 is 3.15 bits per heavy atom. The summed E-state index contributed by atoms with van der Waals surface area (Å²) < 4.78 is 5.49. The molecule has 1 aromatic carbocycles. The van der Waals surface area contributed by atoms with E-state index in [1.807, 2.05) is 6.07 Å². The van der Waals surface area contributed by atoms with Gasteiger partial charge >= 0.3 is 0 Å². The average molecular weight is 293 g/mol. The first kappa shape index (κ1) is 13.9. The number of aromatic amines is 1. The van der Waals surface area contributed by atoms with Crippen molar-refractivity contribution < 1.29 is 4.74 Å². The predicted octanol–water partition coefficient (Wildman–Crippen LogP) is 3.44. The number of rotatable bonds is 4. The second-order valence-corrected chi connectivity index (χ2v) is 5.97. The number of halogens is 1. The molecule has 0 aliphatic carbocycles. The van der Waals surface area contributed by atoms with Crippen molar-refractivity contribution in [2.45, 2.75) is 32.2 Å². The maximum atomic E-state index is 6.11. The van der Waals surface area contributed by atoms with Gasteiger partial charge in [-0.05, 0) is 56.5 Å². The van der Waals surface area contributed by atoms with Crippen LogP contribution in [0, 0.1) is 6.92 Å². The highest BCUT2D eigenvalue weighted by atomic mass is 35.5. The Labute approximate surface area is 124 Å². The third-order valence-corrected chi connectivity index (χ3v) is 4.28. The Balaban J connectivity index is 1.67. The van der Waals surface area contributed by atoms with Crippen molar-refractivity contribution >= 4 is 22.5 Å². The number of fused-ring (bicyclic) bond motifs is 1. The third-order valence-electron chi connectivity index (χ3n) is 4.05. The first-order valence-corrected chi connectivity index (χ1v) is 7.69. The van der Waals surface area contributed by atoms with Gasteiger partial charge in [-0.25, -0.2) is 0 Å². The van der Waals surface area contributed by atoms with Crippen LogP contribution in [0.1, 0.15) is 24.1 Å². The van der Waals surface area contributed by atoms with E-state index in [2.05, 4.69) is 29.4 Å². The van der Waals surface area contributed by atoms with Crippen LogP contribution in [0.2, 0.25) is 5.02 Å². The van der Waals surface area contributed by atoms with Crippen LogP contribution in [-0.2, 0) is 11.2 Å². The van der Waals surface area contributed by atoms with Crippen molar-refractivity contribution in [2.75, 3.05) is 19.8 Å². The molecule has 3 rings (SSSR count). The molecule has 2 aromatic rings. The van der Waals surface area contributed by atoms with Gasteiger partial charge in [0.05, 0.1) is 6.61 Å². The molecule has 0 saturated carbocycles. The summed E-state index contributed by atoms with van der Waals surface area (Å²) >= 11 is 6.11. The Morgan fingerprint density at radius 1 is 1.45 bits per heavy atom. The van der Waals surface area contributed by atoms with Gasteiger partial charge in [-0.1, -0.05) is 11.6 Å². The summed E-state index contributed by atoms with van der Waals surface area (Å²) in [6, 6.07) is 6.55. The monoisotopic (exact) mass is 292 g/mol. The highest BCUT2D eigenvalue weighted by molar-refractivity contribution is 6.31. The zero-order valence-electron chi connectivity index (χ0n) is 11.8. The number of H-pyrrole nitrogens is 1. The largest absolute Gasteiger partial charge is 0.380 e. The molecule has 108 valence electrons. The lowest BCUT2D eigenvalue weighted by Gasteiger charge is -2.23. The minimum absolute atomic E-state index is 0.512. The molecule has 1 unspecified atom stereocenters. The quantitative estimate of drug-likeness (QED) is 0.906. The standard InChI is InChI=1S/C16H21ClN2O/c1-11-14(6-7-18-13-3-2-8-20-10-13)15-9-12(17)4-5-16(15)19-11/h4-5,9,13,18-19H,2-3,6-8,10H2,1H3. The molecular weight excluding hydrogens is 272 g/mol. The summed E-state index contributed by atoms with van der Waals surface area (Å²) in [6.45, 7) is 4.87. The molecule has 3 nitrogen and oxygen atoms in total. The number of aryl methyl sites for hydroxylation is 1. The third kappa shape index (κ3) is 3.00. The molecule has 1 fully saturated rings. The van der Waals surface area contributed by atoms with Gasteiger partial charge in [0.2, 0.25) is 0 Å². The topological polar surface area (TPSA) is 37.0 Å². The van der Waals surface area contributed by atoms with Crippen LogP contribution in [0.25, 0.3) is 10.9 Å². The van der Waals surface area contributed by atoms with Gasteiger partial charge in [0, 0.05) is 34.3 Å². The zero-order valence-corrected chi connectivity index (χ0v) is 12.6. The molecule has 4 heteroatoms. The van der Waals surface area contributed by atoms with Crippen molar-refractivity contribution in [2.24, 2.45) is 0 Å². The van der Waals surface area contributed by atoms with E-state index in [1.165, 1.54) is 35.0 Å². The van der Waals surface area contributed by atoms with E-state index in [9.17, 15) is 0 Å². The van der Waals surface area contributed by atoms with Gasteiger partial charge in [0.25, 0.3) is 0 Å². The second kappa shape index (κ2) is 6.17. The minimum atomic E-state index is 0.512. The van der Waals surface area contributed by atoms with Crippen LogP contribution in [0.15, 0.2) is 18.2 Å². The van der Waals surface area contributed by atoms with E-state index in [1.54, 1.807) is 0 Å². The molecule has 1 atom stereocenters. The van der Waals surface area contributed by atoms with Gasteiger partial charge in [-0.2, -0.15) is 0 Å². The molecule has 0 spiro atoms. The summed E-state index contributed by atoms with van der Waals surface area (Å²) in [5.74, 6) is 0. The predicted molar refractivity (Wildman–Crippen MR) is 83.6 cm³/mol. The van der Waals surface area contributed by atoms with Crippen LogP contribution in [-0.4, -0.2) is 30.8 Å². The summed E-state index contributed by atoms with van der Waals surface area (Å²) in [5, 5.41) is 5.64. The van der Waals surface area contributed by atoms with Gasteiger partial charge in [-0.3, -0.25) is 0 Å². The molecule has 20 heavy (non-hydrogen) atoms.